The molecule has 5 heteroatoms. The van der Waals surface area contributed by atoms with E-state index in [1.54, 1.807) is 23.5 Å². The fourth-order valence-electron chi connectivity index (χ4n) is 2.25. The van der Waals surface area contributed by atoms with Gasteiger partial charge in [0, 0.05) is 5.75 Å². The van der Waals surface area contributed by atoms with E-state index in [1.165, 1.54) is 31.2 Å². The maximum absolute atomic E-state index is 4.66. The Hall–Kier alpha value is -1.20. The Labute approximate surface area is 148 Å². The van der Waals surface area contributed by atoms with Crippen LogP contribution in [0, 0.1) is 0 Å². The van der Waals surface area contributed by atoms with Gasteiger partial charge >= 0.3 is 0 Å². The van der Waals surface area contributed by atoms with Crippen molar-refractivity contribution < 1.29 is 0 Å². The second kappa shape index (κ2) is 9.83. The van der Waals surface area contributed by atoms with Gasteiger partial charge in [-0.1, -0.05) is 86.6 Å². The first-order chi connectivity index (χ1) is 11.3. The Morgan fingerprint density at radius 3 is 2.61 bits per heavy atom. The Morgan fingerprint density at radius 2 is 1.96 bits per heavy atom. The second-order valence-corrected chi connectivity index (χ2v) is 7.23. The quantitative estimate of drug-likeness (QED) is 0.427. The summed E-state index contributed by atoms with van der Waals surface area (Å²) in [5, 5.41) is 6.54. The molecule has 0 aliphatic carbocycles. The van der Waals surface area contributed by atoms with Crippen LogP contribution < -0.4 is 0 Å². The zero-order valence-corrected chi connectivity index (χ0v) is 15.6. The zero-order valence-electron chi connectivity index (χ0n) is 14.0. The van der Waals surface area contributed by atoms with E-state index < -0.39 is 0 Å². The van der Waals surface area contributed by atoms with E-state index in [4.69, 9.17) is 0 Å². The van der Waals surface area contributed by atoms with E-state index in [9.17, 15) is 0 Å². The highest BCUT2D eigenvalue weighted by Crippen LogP contribution is 2.21. The molecule has 0 bridgehead atoms. The molecule has 0 saturated carbocycles. The van der Waals surface area contributed by atoms with Crippen molar-refractivity contribution in [2.45, 2.75) is 49.5 Å². The third-order valence-electron chi connectivity index (χ3n) is 3.58. The highest BCUT2D eigenvalue weighted by molar-refractivity contribution is 7.99. The Morgan fingerprint density at radius 1 is 1.17 bits per heavy atom. The average Bonchev–Trinajstić information content (AvgIpc) is 2.97. The predicted molar refractivity (Wildman–Crippen MR) is 102 cm³/mol. The molecule has 0 aliphatic heterocycles. The number of benzene rings is 1. The SMILES string of the molecule is C=Cc1ccc(Cn2nc(SCCCCCC)nc2SC)cc1. The van der Waals surface area contributed by atoms with Gasteiger partial charge in [-0.3, -0.25) is 0 Å². The van der Waals surface area contributed by atoms with Crippen LogP contribution in [0.2, 0.25) is 0 Å². The number of rotatable bonds is 10. The Balaban J connectivity index is 1.96. The maximum Gasteiger partial charge on any atom is 0.209 e. The molecule has 0 unspecified atom stereocenters. The van der Waals surface area contributed by atoms with Crippen LogP contribution in [0.5, 0.6) is 0 Å². The molecule has 23 heavy (non-hydrogen) atoms. The van der Waals surface area contributed by atoms with Crippen LogP contribution in [-0.4, -0.2) is 26.8 Å². The second-order valence-electron chi connectivity index (χ2n) is 5.39. The predicted octanol–water partition coefficient (Wildman–Crippen LogP) is 5.36. The Bertz CT molecular complexity index is 605. The summed E-state index contributed by atoms with van der Waals surface area (Å²) in [4.78, 5) is 4.64. The van der Waals surface area contributed by atoms with Gasteiger partial charge < -0.3 is 0 Å². The number of unbranched alkanes of at least 4 members (excludes halogenated alkanes) is 3. The van der Waals surface area contributed by atoms with Crippen molar-refractivity contribution in [3.63, 3.8) is 0 Å². The molecule has 2 rings (SSSR count). The van der Waals surface area contributed by atoms with Crippen LogP contribution in [0.25, 0.3) is 6.08 Å². The van der Waals surface area contributed by atoms with Crippen molar-refractivity contribution in [3.05, 3.63) is 42.0 Å². The lowest BCUT2D eigenvalue weighted by atomic mass is 10.1. The van der Waals surface area contributed by atoms with Gasteiger partial charge in [0.1, 0.15) is 0 Å². The van der Waals surface area contributed by atoms with Crippen LogP contribution in [0.4, 0.5) is 0 Å². The van der Waals surface area contributed by atoms with Crippen LogP contribution in [0.3, 0.4) is 0 Å². The molecule has 0 saturated heterocycles. The summed E-state index contributed by atoms with van der Waals surface area (Å²) in [6, 6.07) is 8.42. The summed E-state index contributed by atoms with van der Waals surface area (Å²) in [5.74, 6) is 1.10. The number of nitrogens with zero attached hydrogens (tertiary/aromatic N) is 3. The van der Waals surface area contributed by atoms with Gasteiger partial charge in [0.15, 0.2) is 5.16 Å². The molecule has 0 amide bonds. The molecule has 1 heterocycles. The normalized spacial score (nSPS) is 10.9. The molecule has 0 aliphatic rings. The fraction of sp³-hybridized carbons (Fsp3) is 0.444. The first-order valence-corrected chi connectivity index (χ1v) is 10.3. The lowest BCUT2D eigenvalue weighted by Gasteiger charge is -2.04. The molecule has 0 spiro atoms. The lowest BCUT2D eigenvalue weighted by Crippen LogP contribution is -2.03. The van der Waals surface area contributed by atoms with Gasteiger partial charge in [0.05, 0.1) is 6.54 Å². The van der Waals surface area contributed by atoms with Crippen molar-refractivity contribution in [2.24, 2.45) is 0 Å². The van der Waals surface area contributed by atoms with E-state index >= 15 is 0 Å². The monoisotopic (exact) mass is 347 g/mol. The highest BCUT2D eigenvalue weighted by atomic mass is 32.2. The smallest absolute Gasteiger partial charge is 0.209 e. The average molecular weight is 348 g/mol. The molecule has 1 aromatic carbocycles. The zero-order chi connectivity index (χ0) is 16.5. The van der Waals surface area contributed by atoms with E-state index in [0.717, 1.165) is 28.2 Å². The summed E-state index contributed by atoms with van der Waals surface area (Å²) >= 11 is 3.42. The van der Waals surface area contributed by atoms with E-state index in [2.05, 4.69) is 54.1 Å². The molecule has 0 N–H and O–H groups in total. The van der Waals surface area contributed by atoms with E-state index in [1.807, 2.05) is 10.8 Å². The summed E-state index contributed by atoms with van der Waals surface area (Å²) in [7, 11) is 0. The van der Waals surface area contributed by atoms with Crippen molar-refractivity contribution in [1.29, 1.82) is 0 Å². The van der Waals surface area contributed by atoms with E-state index in [-0.39, 0.29) is 0 Å². The van der Waals surface area contributed by atoms with Crippen LogP contribution in [0.15, 0.2) is 41.2 Å². The van der Waals surface area contributed by atoms with Gasteiger partial charge in [-0.2, -0.15) is 4.98 Å². The minimum atomic E-state index is 0.761. The van der Waals surface area contributed by atoms with Gasteiger partial charge in [-0.15, -0.1) is 5.10 Å². The molecule has 0 atom stereocenters. The molecule has 1 aromatic heterocycles. The third kappa shape index (κ3) is 5.74. The minimum Gasteiger partial charge on any atom is -0.235 e. The minimum absolute atomic E-state index is 0.761. The number of thioether (sulfide) groups is 2. The first kappa shape index (κ1) is 18.1. The maximum atomic E-state index is 4.66. The largest absolute Gasteiger partial charge is 0.235 e. The molecule has 0 radical (unpaired) electrons. The lowest BCUT2D eigenvalue weighted by molar-refractivity contribution is 0.611. The summed E-state index contributed by atoms with van der Waals surface area (Å²) < 4.78 is 2.00. The third-order valence-corrected chi connectivity index (χ3v) is 5.17. The number of hydrogen-bond donors (Lipinski definition) is 0. The molecule has 2 aromatic rings. The van der Waals surface area contributed by atoms with Crippen LogP contribution in [-0.2, 0) is 6.54 Å². The van der Waals surface area contributed by atoms with Gasteiger partial charge in [-0.25, -0.2) is 4.68 Å². The molecule has 3 nitrogen and oxygen atoms in total. The Kier molecular flexibility index (Phi) is 7.76. The number of aromatic nitrogens is 3. The van der Waals surface area contributed by atoms with Crippen molar-refractivity contribution in [2.75, 3.05) is 12.0 Å². The summed E-state index contributed by atoms with van der Waals surface area (Å²) in [6.45, 7) is 6.79. The topological polar surface area (TPSA) is 30.7 Å². The van der Waals surface area contributed by atoms with Crippen molar-refractivity contribution in [3.8, 4) is 0 Å². The molecule has 124 valence electrons. The fourth-order valence-corrected chi connectivity index (χ4v) is 3.64. The number of hydrogen-bond acceptors (Lipinski definition) is 4. The molecular formula is C18H25N3S2. The standard InChI is InChI=1S/C18H25N3S2/c1-4-6-7-8-13-23-17-19-18(22-3)21(20-17)14-16-11-9-15(5-2)10-12-16/h5,9-12H,2,4,6-8,13-14H2,1,3H3. The van der Waals surface area contributed by atoms with Crippen molar-refractivity contribution in [1.82, 2.24) is 14.8 Å². The first-order valence-electron chi connectivity index (χ1n) is 8.09. The summed E-state index contributed by atoms with van der Waals surface area (Å²) in [6.07, 6.45) is 9.05. The van der Waals surface area contributed by atoms with Crippen LogP contribution in [0.1, 0.15) is 43.7 Å². The molecular weight excluding hydrogens is 322 g/mol. The summed E-state index contributed by atoms with van der Waals surface area (Å²) in [5.41, 5.74) is 2.37. The van der Waals surface area contributed by atoms with Gasteiger partial charge in [0.2, 0.25) is 5.16 Å². The van der Waals surface area contributed by atoms with E-state index in [0.29, 0.717) is 0 Å². The van der Waals surface area contributed by atoms with Gasteiger partial charge in [0.25, 0.3) is 0 Å². The van der Waals surface area contributed by atoms with Crippen molar-refractivity contribution >= 4 is 29.6 Å². The van der Waals surface area contributed by atoms with Gasteiger partial charge in [-0.05, 0) is 23.8 Å². The highest BCUT2D eigenvalue weighted by Gasteiger charge is 2.10. The molecule has 0 fully saturated rings. The van der Waals surface area contributed by atoms with Crippen LogP contribution >= 0.6 is 23.5 Å².